The molecule has 0 N–H and O–H groups in total. The van der Waals surface area contributed by atoms with E-state index >= 15 is 0 Å². The van der Waals surface area contributed by atoms with E-state index in [-0.39, 0.29) is 0 Å². The van der Waals surface area contributed by atoms with Crippen LogP contribution in [-0.2, 0) is 6.54 Å². The monoisotopic (exact) mass is 372 g/mol. The molecule has 7 heteroatoms. The lowest BCUT2D eigenvalue weighted by Gasteiger charge is -2.20. The maximum Gasteiger partial charge on any atom is 0.159 e. The van der Waals surface area contributed by atoms with Crippen LogP contribution in [0.1, 0.15) is 11.1 Å². The van der Waals surface area contributed by atoms with Crippen molar-refractivity contribution < 1.29 is 4.74 Å². The van der Waals surface area contributed by atoms with Gasteiger partial charge in [0.25, 0.3) is 0 Å². The zero-order valence-electron chi connectivity index (χ0n) is 13.6. The molecule has 0 aliphatic carbocycles. The summed E-state index contributed by atoms with van der Waals surface area (Å²) < 4.78 is 5.17. The average molecular weight is 373 g/mol. The van der Waals surface area contributed by atoms with Gasteiger partial charge in [0.05, 0.1) is 23.8 Å². The van der Waals surface area contributed by atoms with Crippen molar-refractivity contribution in [2.24, 2.45) is 0 Å². The van der Waals surface area contributed by atoms with Gasteiger partial charge in [-0.25, -0.2) is 0 Å². The summed E-state index contributed by atoms with van der Waals surface area (Å²) in [6.07, 6.45) is 0. The summed E-state index contributed by atoms with van der Waals surface area (Å²) in [6, 6.07) is 13.0. The van der Waals surface area contributed by atoms with E-state index in [2.05, 4.69) is 16.3 Å². The number of fused-ring (bicyclic) bond motifs is 1. The molecule has 0 spiro atoms. The number of hydrogen-bond acceptors (Lipinski definition) is 5. The van der Waals surface area contributed by atoms with Crippen molar-refractivity contribution in [3.05, 3.63) is 57.7 Å². The lowest BCUT2D eigenvalue weighted by Crippen LogP contribution is -2.18. The van der Waals surface area contributed by atoms with Gasteiger partial charge >= 0.3 is 0 Å². The fourth-order valence-electron chi connectivity index (χ4n) is 2.62. The number of methoxy groups -OCH3 is 1. The van der Waals surface area contributed by atoms with Gasteiger partial charge in [-0.3, -0.25) is 0 Å². The van der Waals surface area contributed by atoms with Gasteiger partial charge in [-0.15, -0.1) is 10.2 Å². The van der Waals surface area contributed by atoms with Crippen molar-refractivity contribution in [1.82, 2.24) is 10.2 Å². The van der Waals surface area contributed by atoms with Crippen molar-refractivity contribution in [2.45, 2.75) is 6.54 Å². The topological polar surface area (TPSA) is 62.0 Å². The number of ether oxygens (including phenoxy) is 1. The molecule has 0 amide bonds. The quantitative estimate of drug-likeness (QED) is 0.676. The molecule has 3 aromatic rings. The molecule has 3 rings (SSSR count). The maximum atomic E-state index is 9.15. The summed E-state index contributed by atoms with van der Waals surface area (Å²) in [4.78, 5) is 1.94. The molecule has 1 heterocycles. The Morgan fingerprint density at radius 3 is 2.60 bits per heavy atom. The van der Waals surface area contributed by atoms with Crippen LogP contribution >= 0.6 is 23.2 Å². The minimum Gasteiger partial charge on any atom is -0.495 e. The first-order valence-corrected chi connectivity index (χ1v) is 8.18. The Balaban J connectivity index is 1.99. The molecule has 0 aliphatic rings. The predicted molar refractivity (Wildman–Crippen MR) is 99.4 cm³/mol. The summed E-state index contributed by atoms with van der Waals surface area (Å²) in [5.41, 5.74) is 1.54. The molecule has 0 fully saturated rings. The van der Waals surface area contributed by atoms with Gasteiger partial charge in [0.2, 0.25) is 0 Å². The summed E-state index contributed by atoms with van der Waals surface area (Å²) in [5.74, 6) is 1.27. The first kappa shape index (κ1) is 17.3. The van der Waals surface area contributed by atoms with E-state index in [4.69, 9.17) is 33.2 Å². The number of nitrogens with zero attached hydrogens (tertiary/aromatic N) is 4. The van der Waals surface area contributed by atoms with E-state index in [1.54, 1.807) is 25.3 Å². The first-order valence-electron chi connectivity index (χ1n) is 7.43. The number of halogens is 2. The molecular formula is C18H14Cl2N4O. The third-order valence-electron chi connectivity index (χ3n) is 3.84. The molecular weight excluding hydrogens is 359 g/mol. The number of rotatable bonds is 4. The van der Waals surface area contributed by atoms with Crippen LogP contribution in [-0.4, -0.2) is 24.4 Å². The Kier molecular flexibility index (Phi) is 4.93. The Morgan fingerprint density at radius 2 is 1.92 bits per heavy atom. The standard InChI is InChI=1S/C18H14Cl2N4O/c1-24(10-12-4-6-16(25-2)15(19)8-12)18-14-7-11(9-21)3-5-13(14)17(20)22-23-18/h3-8H,10H2,1-2H3. The molecule has 0 bridgehead atoms. The summed E-state index contributed by atoms with van der Waals surface area (Å²) >= 11 is 12.3. The van der Waals surface area contributed by atoms with Crippen LogP contribution < -0.4 is 9.64 Å². The second kappa shape index (κ2) is 7.14. The fraction of sp³-hybridized carbons (Fsp3) is 0.167. The molecule has 0 unspecified atom stereocenters. The second-order valence-corrected chi connectivity index (χ2v) is 6.28. The van der Waals surface area contributed by atoms with Crippen molar-refractivity contribution >= 4 is 39.8 Å². The van der Waals surface area contributed by atoms with Gasteiger partial charge in [-0.05, 0) is 35.9 Å². The molecule has 25 heavy (non-hydrogen) atoms. The van der Waals surface area contributed by atoms with Crippen LogP contribution in [0.15, 0.2) is 36.4 Å². The maximum absolute atomic E-state index is 9.15. The Hall–Kier alpha value is -2.55. The van der Waals surface area contributed by atoms with Crippen molar-refractivity contribution in [3.63, 3.8) is 0 Å². The van der Waals surface area contributed by atoms with Crippen LogP contribution in [0.4, 0.5) is 5.82 Å². The highest BCUT2D eigenvalue weighted by Gasteiger charge is 2.13. The first-order chi connectivity index (χ1) is 12.0. The second-order valence-electron chi connectivity index (χ2n) is 5.51. The summed E-state index contributed by atoms with van der Waals surface area (Å²) in [7, 11) is 3.48. The Bertz CT molecular complexity index is 985. The highest BCUT2D eigenvalue weighted by Crippen LogP contribution is 2.30. The lowest BCUT2D eigenvalue weighted by molar-refractivity contribution is 0.415. The normalized spacial score (nSPS) is 10.5. The molecule has 5 nitrogen and oxygen atoms in total. The number of benzene rings is 2. The zero-order valence-corrected chi connectivity index (χ0v) is 15.1. The molecule has 2 aromatic carbocycles. The van der Waals surface area contributed by atoms with E-state index in [0.29, 0.717) is 33.9 Å². The van der Waals surface area contributed by atoms with Gasteiger partial charge in [0.15, 0.2) is 11.0 Å². The molecule has 126 valence electrons. The van der Waals surface area contributed by atoms with Gasteiger partial charge in [0, 0.05) is 24.4 Å². The smallest absolute Gasteiger partial charge is 0.159 e. The fourth-order valence-corrected chi connectivity index (χ4v) is 3.10. The predicted octanol–water partition coefficient (Wildman–Crippen LogP) is 4.45. The molecule has 0 aliphatic heterocycles. The molecule has 0 radical (unpaired) electrons. The molecule has 0 saturated heterocycles. The Labute approximate surface area is 155 Å². The van der Waals surface area contributed by atoms with Gasteiger partial charge in [-0.2, -0.15) is 5.26 Å². The van der Waals surface area contributed by atoms with E-state index < -0.39 is 0 Å². The van der Waals surface area contributed by atoms with E-state index in [0.717, 1.165) is 16.3 Å². The van der Waals surface area contributed by atoms with E-state index in [1.165, 1.54) is 0 Å². The van der Waals surface area contributed by atoms with Crippen LogP contribution in [0, 0.1) is 11.3 Å². The van der Waals surface area contributed by atoms with Gasteiger partial charge in [0.1, 0.15) is 5.75 Å². The number of anilines is 1. The number of aromatic nitrogens is 2. The average Bonchev–Trinajstić information content (AvgIpc) is 2.61. The van der Waals surface area contributed by atoms with Crippen LogP contribution in [0.25, 0.3) is 10.8 Å². The minimum absolute atomic E-state index is 0.309. The number of nitriles is 1. The van der Waals surface area contributed by atoms with Crippen molar-refractivity contribution in [3.8, 4) is 11.8 Å². The largest absolute Gasteiger partial charge is 0.495 e. The van der Waals surface area contributed by atoms with Crippen LogP contribution in [0.5, 0.6) is 5.75 Å². The summed E-state index contributed by atoms with van der Waals surface area (Å²) in [5, 5.41) is 19.8. The van der Waals surface area contributed by atoms with Gasteiger partial charge in [-0.1, -0.05) is 29.3 Å². The summed E-state index contributed by atoms with van der Waals surface area (Å²) in [6.45, 7) is 0.561. The SMILES string of the molecule is COc1ccc(CN(C)c2nnc(Cl)c3ccc(C#N)cc23)cc1Cl. The van der Waals surface area contributed by atoms with Gasteiger partial charge < -0.3 is 9.64 Å². The molecule has 1 aromatic heterocycles. The van der Waals surface area contributed by atoms with Crippen LogP contribution in [0.3, 0.4) is 0 Å². The minimum atomic E-state index is 0.309. The molecule has 0 saturated carbocycles. The van der Waals surface area contributed by atoms with Crippen LogP contribution in [0.2, 0.25) is 10.2 Å². The lowest BCUT2D eigenvalue weighted by atomic mass is 10.1. The highest BCUT2D eigenvalue weighted by atomic mass is 35.5. The third-order valence-corrected chi connectivity index (χ3v) is 4.42. The zero-order chi connectivity index (χ0) is 18.0. The third kappa shape index (κ3) is 3.46. The molecule has 0 atom stereocenters. The van der Waals surface area contributed by atoms with Crippen molar-refractivity contribution in [1.29, 1.82) is 5.26 Å². The van der Waals surface area contributed by atoms with Crippen molar-refractivity contribution in [2.75, 3.05) is 19.1 Å². The van der Waals surface area contributed by atoms with E-state index in [9.17, 15) is 0 Å². The highest BCUT2D eigenvalue weighted by molar-refractivity contribution is 6.34. The number of hydrogen-bond donors (Lipinski definition) is 0. The van der Waals surface area contributed by atoms with E-state index in [1.807, 2.05) is 30.1 Å². The Morgan fingerprint density at radius 1 is 1.12 bits per heavy atom.